The van der Waals surface area contributed by atoms with Crippen LogP contribution in [0.4, 0.5) is 0 Å². The van der Waals surface area contributed by atoms with Crippen molar-refractivity contribution in [1.82, 2.24) is 9.97 Å². The second-order valence-electron chi connectivity index (χ2n) is 10.4. The van der Waals surface area contributed by atoms with Gasteiger partial charge in [-0.2, -0.15) is 0 Å². The van der Waals surface area contributed by atoms with Gasteiger partial charge in [0.1, 0.15) is 0 Å². The van der Waals surface area contributed by atoms with Crippen molar-refractivity contribution in [2.24, 2.45) is 0 Å². The summed E-state index contributed by atoms with van der Waals surface area (Å²) >= 11 is 3.73. The Morgan fingerprint density at radius 3 is 2.05 bits per heavy atom. The van der Waals surface area contributed by atoms with Crippen LogP contribution in [0.1, 0.15) is 0 Å². The van der Waals surface area contributed by atoms with Crippen LogP contribution in [0.25, 0.3) is 33.3 Å². The number of hydrogen-bond donors (Lipinski definition) is 0. The monoisotopic (exact) mass is 775 g/mol. The van der Waals surface area contributed by atoms with E-state index >= 15 is 0 Å². The molecule has 0 N–H and O–H groups in total. The molecule has 211 valence electrons. The molecule has 6 heteroatoms. The third-order valence-corrected chi connectivity index (χ3v) is 10.2. The second-order valence-corrected chi connectivity index (χ2v) is 12.5. The van der Waals surface area contributed by atoms with Crippen LogP contribution in [0, 0.1) is 12.1 Å². The number of benzene rings is 5. The normalized spacial score (nSPS) is 12.1. The van der Waals surface area contributed by atoms with Crippen LogP contribution in [-0.2, 0) is 20.1 Å². The van der Waals surface area contributed by atoms with Crippen molar-refractivity contribution in [3.63, 3.8) is 0 Å². The molecule has 9 rings (SSSR count). The molecule has 0 amide bonds. The third kappa shape index (κ3) is 5.33. The summed E-state index contributed by atoms with van der Waals surface area (Å²) in [6.07, 6.45) is 3.77. The first-order chi connectivity index (χ1) is 21.3. The molecule has 7 aromatic rings. The van der Waals surface area contributed by atoms with Gasteiger partial charge in [0.25, 0.3) is 0 Å². The zero-order chi connectivity index (χ0) is 28.6. The van der Waals surface area contributed by atoms with E-state index in [1.54, 1.807) is 6.20 Å². The summed E-state index contributed by atoms with van der Waals surface area (Å²) in [4.78, 5) is 14.3. The summed E-state index contributed by atoms with van der Waals surface area (Å²) in [5, 5.41) is 2.38. The zero-order valence-electron chi connectivity index (χ0n) is 23.4. The fraction of sp³-hybridized carbons (Fsp3) is 0. The SMILES string of the molecule is [Ir].[c-]1cc2c3c(c1-c1cc4ccccc4cn1)Sc1ccccc1B3c1ccccc1S2.[c-]1ccccc1-c1ccccn1. The largest absolute Gasteiger partial charge is 0.305 e. The maximum atomic E-state index is 4.83. The second kappa shape index (κ2) is 12.6. The summed E-state index contributed by atoms with van der Waals surface area (Å²) in [5.41, 5.74) is 8.32. The Morgan fingerprint density at radius 1 is 0.591 bits per heavy atom. The van der Waals surface area contributed by atoms with Crippen LogP contribution in [-0.4, -0.2) is 16.7 Å². The van der Waals surface area contributed by atoms with Crippen molar-refractivity contribution in [3.8, 4) is 22.5 Å². The average Bonchev–Trinajstić information content (AvgIpc) is 3.09. The first-order valence-corrected chi connectivity index (χ1v) is 15.8. The predicted molar refractivity (Wildman–Crippen MR) is 180 cm³/mol. The summed E-state index contributed by atoms with van der Waals surface area (Å²) < 4.78 is 0. The third-order valence-electron chi connectivity index (χ3n) is 7.80. The molecule has 0 unspecified atom stereocenters. The van der Waals surface area contributed by atoms with Gasteiger partial charge in [0.05, 0.1) is 0 Å². The minimum Gasteiger partial charge on any atom is -0.305 e. The number of hydrogen-bond acceptors (Lipinski definition) is 4. The van der Waals surface area contributed by atoms with E-state index in [-0.39, 0.29) is 26.8 Å². The van der Waals surface area contributed by atoms with Crippen LogP contribution in [0.3, 0.4) is 0 Å². The minimum absolute atomic E-state index is 0. The number of nitrogens with zero attached hydrogens (tertiary/aromatic N) is 2. The Labute approximate surface area is 279 Å². The van der Waals surface area contributed by atoms with Gasteiger partial charge in [0.15, 0.2) is 0 Å². The van der Waals surface area contributed by atoms with Gasteiger partial charge < -0.3 is 9.97 Å². The molecule has 5 aromatic carbocycles. The van der Waals surface area contributed by atoms with E-state index in [2.05, 4.69) is 102 Å². The molecule has 2 aliphatic heterocycles. The zero-order valence-corrected chi connectivity index (χ0v) is 27.4. The average molecular weight is 775 g/mol. The number of pyridine rings is 2. The first-order valence-electron chi connectivity index (χ1n) is 14.2. The Bertz CT molecular complexity index is 2060. The van der Waals surface area contributed by atoms with Crippen LogP contribution in [0.5, 0.6) is 0 Å². The maximum absolute atomic E-state index is 4.83. The smallest absolute Gasteiger partial charge is 0.227 e. The van der Waals surface area contributed by atoms with E-state index < -0.39 is 0 Å². The molecule has 2 aromatic heterocycles. The van der Waals surface area contributed by atoms with E-state index in [4.69, 9.17) is 4.98 Å². The van der Waals surface area contributed by atoms with Crippen molar-refractivity contribution >= 4 is 57.4 Å². The van der Waals surface area contributed by atoms with E-state index in [0.29, 0.717) is 0 Å². The number of aromatic nitrogens is 2. The van der Waals surface area contributed by atoms with Crippen LogP contribution in [0.2, 0.25) is 0 Å². The van der Waals surface area contributed by atoms with E-state index in [1.807, 2.05) is 72.2 Å². The molecule has 0 bridgehead atoms. The number of fused-ring (bicyclic) bond motifs is 5. The molecule has 44 heavy (non-hydrogen) atoms. The van der Waals surface area contributed by atoms with Gasteiger partial charge in [-0.15, -0.1) is 82.6 Å². The molecular formula is C38H23BIrN2S2-2. The predicted octanol–water partition coefficient (Wildman–Crippen LogP) is 7.69. The van der Waals surface area contributed by atoms with Gasteiger partial charge in [-0.05, 0) is 50.2 Å². The van der Waals surface area contributed by atoms with E-state index in [0.717, 1.165) is 22.5 Å². The molecule has 2 nitrogen and oxygen atoms in total. The summed E-state index contributed by atoms with van der Waals surface area (Å²) in [7, 11) is 0. The fourth-order valence-corrected chi connectivity index (χ4v) is 8.28. The van der Waals surface area contributed by atoms with Crippen molar-refractivity contribution in [2.45, 2.75) is 19.6 Å². The van der Waals surface area contributed by atoms with Crippen LogP contribution in [0.15, 0.2) is 159 Å². The van der Waals surface area contributed by atoms with E-state index in [1.165, 1.54) is 46.7 Å². The fourth-order valence-electron chi connectivity index (χ4n) is 5.81. The Hall–Kier alpha value is -3.93. The van der Waals surface area contributed by atoms with Gasteiger partial charge >= 0.3 is 0 Å². The van der Waals surface area contributed by atoms with Crippen molar-refractivity contribution in [1.29, 1.82) is 0 Å². The molecule has 1 radical (unpaired) electrons. The summed E-state index contributed by atoms with van der Waals surface area (Å²) in [6.45, 7) is 0.258. The van der Waals surface area contributed by atoms with Gasteiger partial charge in [0, 0.05) is 32.5 Å². The molecular weight excluding hydrogens is 752 g/mol. The molecule has 0 saturated carbocycles. The molecule has 0 saturated heterocycles. The quantitative estimate of drug-likeness (QED) is 0.133. The Balaban J connectivity index is 0.000000203. The minimum atomic E-state index is 0. The van der Waals surface area contributed by atoms with Crippen LogP contribution >= 0.6 is 23.5 Å². The van der Waals surface area contributed by atoms with E-state index in [9.17, 15) is 0 Å². The standard InChI is InChI=1S/C27H15BNS2.C11H8N.Ir/c1-2-8-18-16-29-22(15-17(18)7-1)19-13-14-25-26-27(19)31-24-12-6-4-10-21(24)28(26)20-9-3-5-11-23(20)30-25;1-2-6-10(7-3-1)11-8-4-5-9-12-11;/h1-12,14-16H;1-6,8-9H;/q2*-1;. The van der Waals surface area contributed by atoms with Crippen LogP contribution < -0.4 is 16.4 Å². The Kier molecular flexibility index (Phi) is 8.25. The van der Waals surface area contributed by atoms with Crippen molar-refractivity contribution in [2.75, 3.05) is 0 Å². The van der Waals surface area contributed by atoms with Gasteiger partial charge in [-0.3, -0.25) is 0 Å². The van der Waals surface area contributed by atoms with Crippen molar-refractivity contribution in [3.05, 3.63) is 152 Å². The van der Waals surface area contributed by atoms with Gasteiger partial charge in [0.2, 0.25) is 6.71 Å². The van der Waals surface area contributed by atoms with Gasteiger partial charge in [-0.1, -0.05) is 99.6 Å². The van der Waals surface area contributed by atoms with Gasteiger partial charge in [-0.25, -0.2) is 0 Å². The first kappa shape index (κ1) is 28.8. The molecule has 4 heterocycles. The molecule has 0 atom stereocenters. The number of rotatable bonds is 2. The molecule has 2 aliphatic rings. The topological polar surface area (TPSA) is 25.8 Å². The molecule has 0 spiro atoms. The molecule has 0 fully saturated rings. The molecule has 0 aliphatic carbocycles. The maximum Gasteiger partial charge on any atom is 0.227 e. The summed E-state index contributed by atoms with van der Waals surface area (Å²) in [5.74, 6) is 0. The van der Waals surface area contributed by atoms with Crippen molar-refractivity contribution < 1.29 is 20.1 Å². The Morgan fingerprint density at radius 2 is 1.30 bits per heavy atom. The summed E-state index contributed by atoms with van der Waals surface area (Å²) in [6, 6.07) is 50.9.